The normalized spacial score (nSPS) is 18.7. The van der Waals surface area contributed by atoms with Crippen LogP contribution in [0.15, 0.2) is 0 Å². The van der Waals surface area contributed by atoms with Crippen molar-refractivity contribution in [2.45, 2.75) is 6.10 Å². The van der Waals surface area contributed by atoms with Gasteiger partial charge < -0.3 is 14.1 Å². The van der Waals surface area contributed by atoms with Crippen LogP contribution in [0, 0.1) is 10.1 Å². The molecule has 0 N–H and O–H groups in total. The van der Waals surface area contributed by atoms with E-state index in [1.807, 2.05) is 0 Å². The summed E-state index contributed by atoms with van der Waals surface area (Å²) in [6, 6.07) is 0. The first-order valence-corrected chi connectivity index (χ1v) is 6.49. The number of ether oxygens (including phenoxy) is 1. The fraction of sp³-hybridized carbons (Fsp3) is 1.00. The molecule has 0 aromatic rings. The van der Waals surface area contributed by atoms with Crippen LogP contribution in [-0.2, 0) is 19.7 Å². The Hall–Kier alpha value is 0.0300. The van der Waals surface area contributed by atoms with Crippen LogP contribution < -0.4 is 29.6 Å². The molecule has 18 heavy (non-hydrogen) atoms. The average molecular weight is 292 g/mol. The molecule has 1 rings (SSSR count). The molecule has 100 valence electrons. The van der Waals surface area contributed by atoms with Gasteiger partial charge >= 0.3 is 29.6 Å². The van der Waals surface area contributed by atoms with Crippen molar-refractivity contribution in [2.24, 2.45) is 0 Å². The molecule has 0 bridgehead atoms. The molecule has 1 aliphatic heterocycles. The van der Waals surface area contributed by atoms with Crippen LogP contribution in [-0.4, -0.2) is 67.7 Å². The zero-order valence-corrected chi connectivity index (χ0v) is 12.8. The van der Waals surface area contributed by atoms with Gasteiger partial charge in [0.05, 0.1) is 29.1 Å². The van der Waals surface area contributed by atoms with E-state index < -0.39 is 27.1 Å². The zero-order chi connectivity index (χ0) is 12.9. The summed E-state index contributed by atoms with van der Waals surface area (Å²) in [4.78, 5) is 16.1. The Morgan fingerprint density at radius 1 is 1.39 bits per heavy atom. The topological polar surface area (TPSA) is 122 Å². The minimum absolute atomic E-state index is 0. The number of morpholine rings is 1. The molecule has 1 fully saturated rings. The Bertz CT molecular complexity index is 357. The van der Waals surface area contributed by atoms with Crippen molar-refractivity contribution < 1.29 is 57.2 Å². The molecule has 1 heterocycles. The summed E-state index contributed by atoms with van der Waals surface area (Å²) >= 11 is 0. The van der Waals surface area contributed by atoms with Crippen LogP contribution >= 0.6 is 0 Å². The Balaban J connectivity index is 0.00000289. The van der Waals surface area contributed by atoms with Crippen LogP contribution in [0.4, 0.5) is 0 Å². The van der Waals surface area contributed by atoms with Crippen molar-refractivity contribution in [1.29, 1.82) is 0 Å². The van der Waals surface area contributed by atoms with Gasteiger partial charge in [0.25, 0.3) is 5.09 Å². The standard InChI is InChI=1S/C7H14N2O7S.Na/c10-9(11)16-7(6-17(12,13)14)5-8-1-3-15-4-2-8;/h7H,1-6H2,(H,12,13,14);/q;+1/p-1. The summed E-state index contributed by atoms with van der Waals surface area (Å²) in [6.07, 6.45) is -1.26. The fourth-order valence-corrected chi connectivity index (χ4v) is 2.16. The molecule has 0 spiro atoms. The molecule has 0 saturated carbocycles. The van der Waals surface area contributed by atoms with E-state index >= 15 is 0 Å². The van der Waals surface area contributed by atoms with E-state index in [1.54, 1.807) is 4.90 Å². The second-order valence-electron chi connectivity index (χ2n) is 3.59. The summed E-state index contributed by atoms with van der Waals surface area (Å²) in [5.41, 5.74) is 0. The van der Waals surface area contributed by atoms with Gasteiger partial charge in [-0.25, -0.2) is 8.42 Å². The number of hydrogen-bond acceptors (Lipinski definition) is 8. The van der Waals surface area contributed by atoms with Gasteiger partial charge in [0.1, 0.15) is 6.10 Å². The third-order valence-corrected chi connectivity index (χ3v) is 2.97. The third kappa shape index (κ3) is 8.19. The van der Waals surface area contributed by atoms with Gasteiger partial charge in [-0.05, 0) is 0 Å². The molecular weight excluding hydrogens is 279 g/mol. The van der Waals surface area contributed by atoms with Gasteiger partial charge in [0.15, 0.2) is 0 Å². The molecule has 0 aromatic heterocycles. The second kappa shape index (κ2) is 8.25. The maximum Gasteiger partial charge on any atom is 1.00 e. The molecule has 0 aliphatic carbocycles. The van der Waals surface area contributed by atoms with Crippen LogP contribution in [0.25, 0.3) is 0 Å². The SMILES string of the molecule is O=[N+]([O-])OC(CN1CCOCC1)CS(=O)(=O)[O-].[Na+]. The van der Waals surface area contributed by atoms with Crippen molar-refractivity contribution in [3.8, 4) is 0 Å². The van der Waals surface area contributed by atoms with E-state index in [4.69, 9.17) is 4.74 Å². The van der Waals surface area contributed by atoms with Crippen LogP contribution in [0.2, 0.25) is 0 Å². The molecule has 1 unspecified atom stereocenters. The average Bonchev–Trinajstić information content (AvgIpc) is 2.15. The quantitative estimate of drug-likeness (QED) is 0.207. The van der Waals surface area contributed by atoms with E-state index in [0.717, 1.165) is 0 Å². The van der Waals surface area contributed by atoms with E-state index in [0.29, 0.717) is 26.3 Å². The maximum absolute atomic E-state index is 10.6. The minimum atomic E-state index is -4.56. The first kappa shape index (κ1) is 18.0. The van der Waals surface area contributed by atoms with Crippen LogP contribution in [0.3, 0.4) is 0 Å². The Labute approximate surface area is 127 Å². The van der Waals surface area contributed by atoms with Crippen molar-refractivity contribution in [2.75, 3.05) is 38.6 Å². The molecule has 0 radical (unpaired) electrons. The monoisotopic (exact) mass is 292 g/mol. The molecule has 9 nitrogen and oxygen atoms in total. The maximum atomic E-state index is 10.6. The summed E-state index contributed by atoms with van der Waals surface area (Å²) in [5.74, 6) is -0.911. The van der Waals surface area contributed by atoms with Crippen molar-refractivity contribution in [3.05, 3.63) is 10.1 Å². The van der Waals surface area contributed by atoms with Crippen molar-refractivity contribution in [3.63, 3.8) is 0 Å². The van der Waals surface area contributed by atoms with Gasteiger partial charge in [-0.15, -0.1) is 10.1 Å². The summed E-state index contributed by atoms with van der Waals surface area (Å²) in [7, 11) is -4.56. The summed E-state index contributed by atoms with van der Waals surface area (Å²) in [6.45, 7) is 2.00. The molecule has 0 amide bonds. The van der Waals surface area contributed by atoms with Crippen molar-refractivity contribution >= 4 is 10.1 Å². The van der Waals surface area contributed by atoms with Crippen LogP contribution in [0.1, 0.15) is 0 Å². The number of rotatable bonds is 6. The van der Waals surface area contributed by atoms with Crippen molar-refractivity contribution in [1.82, 2.24) is 4.90 Å². The first-order chi connectivity index (χ1) is 7.87. The van der Waals surface area contributed by atoms with E-state index in [2.05, 4.69) is 4.84 Å². The zero-order valence-electron chi connectivity index (χ0n) is 9.98. The number of hydrogen-bond donors (Lipinski definition) is 0. The molecule has 1 aliphatic rings. The molecule has 1 saturated heterocycles. The predicted molar refractivity (Wildman–Crippen MR) is 53.7 cm³/mol. The third-order valence-electron chi connectivity index (χ3n) is 2.19. The molecule has 0 aromatic carbocycles. The van der Waals surface area contributed by atoms with Gasteiger partial charge in [0.2, 0.25) is 0 Å². The van der Waals surface area contributed by atoms with Gasteiger partial charge in [-0.3, -0.25) is 4.90 Å². The van der Waals surface area contributed by atoms with Gasteiger partial charge in [-0.2, -0.15) is 0 Å². The molecule has 1 atom stereocenters. The fourth-order valence-electron chi connectivity index (χ4n) is 1.54. The smallest absolute Gasteiger partial charge is 0.748 e. The number of nitrogens with zero attached hydrogens (tertiary/aromatic N) is 2. The minimum Gasteiger partial charge on any atom is -0.748 e. The van der Waals surface area contributed by atoms with Gasteiger partial charge in [0, 0.05) is 19.6 Å². The molecular formula is C7H13N2NaO7S. The predicted octanol–water partition coefficient (Wildman–Crippen LogP) is -4.56. The first-order valence-electron chi connectivity index (χ1n) is 4.91. The summed E-state index contributed by atoms with van der Waals surface area (Å²) < 4.78 is 36.8. The Kier molecular flexibility index (Phi) is 8.26. The molecule has 11 heteroatoms. The summed E-state index contributed by atoms with van der Waals surface area (Å²) in [5, 5.41) is 9.09. The van der Waals surface area contributed by atoms with Gasteiger partial charge in [-0.1, -0.05) is 0 Å². The Morgan fingerprint density at radius 2 is 1.94 bits per heavy atom. The van der Waals surface area contributed by atoms with E-state index in [9.17, 15) is 23.1 Å². The van der Waals surface area contributed by atoms with Crippen LogP contribution in [0.5, 0.6) is 0 Å². The largest absolute Gasteiger partial charge is 1.00 e. The second-order valence-corrected chi connectivity index (χ2v) is 5.04. The van der Waals surface area contributed by atoms with E-state index in [-0.39, 0.29) is 36.1 Å². The Morgan fingerprint density at radius 3 is 2.39 bits per heavy atom. The van der Waals surface area contributed by atoms with E-state index in [1.165, 1.54) is 0 Å².